The molecule has 0 bridgehead atoms. The summed E-state index contributed by atoms with van der Waals surface area (Å²) in [5, 5.41) is 4.70. The van der Waals surface area contributed by atoms with E-state index in [1.807, 2.05) is 29.0 Å². The lowest BCUT2D eigenvalue weighted by molar-refractivity contribution is 0.0527. The van der Waals surface area contributed by atoms with Crippen molar-refractivity contribution in [2.75, 3.05) is 6.61 Å². The van der Waals surface area contributed by atoms with Gasteiger partial charge in [0.1, 0.15) is 5.01 Å². The van der Waals surface area contributed by atoms with Gasteiger partial charge in [0.15, 0.2) is 0 Å². The van der Waals surface area contributed by atoms with Crippen LogP contribution in [0.3, 0.4) is 0 Å². The van der Waals surface area contributed by atoms with Crippen molar-refractivity contribution in [1.29, 1.82) is 0 Å². The maximum Gasteiger partial charge on any atom is 0.340 e. The Bertz CT molecular complexity index is 737. The van der Waals surface area contributed by atoms with E-state index in [0.717, 1.165) is 15.6 Å². The van der Waals surface area contributed by atoms with Gasteiger partial charge in [-0.05, 0) is 30.5 Å². The van der Waals surface area contributed by atoms with Crippen LogP contribution < -0.4 is 0 Å². The first-order chi connectivity index (χ1) is 10.3. The van der Waals surface area contributed by atoms with Crippen molar-refractivity contribution >= 4 is 28.6 Å². The molecule has 3 rings (SSSR count). The minimum Gasteiger partial charge on any atom is -0.462 e. The van der Waals surface area contributed by atoms with Crippen LogP contribution in [0, 0.1) is 0 Å². The highest BCUT2D eigenvalue weighted by Crippen LogP contribution is 2.30. The van der Waals surface area contributed by atoms with E-state index in [0.29, 0.717) is 17.9 Å². The zero-order valence-corrected chi connectivity index (χ0v) is 12.9. The Balaban J connectivity index is 2.11. The van der Waals surface area contributed by atoms with Gasteiger partial charge in [0, 0.05) is 11.6 Å². The van der Waals surface area contributed by atoms with Crippen LogP contribution in [-0.2, 0) is 4.74 Å². The number of esters is 1. The van der Waals surface area contributed by atoms with Crippen LogP contribution in [0.4, 0.5) is 0 Å². The molecule has 3 aromatic rings. The van der Waals surface area contributed by atoms with E-state index in [1.165, 1.54) is 11.3 Å². The number of pyridine rings is 1. The summed E-state index contributed by atoms with van der Waals surface area (Å²) in [6, 6.07) is 7.45. The molecule has 6 heteroatoms. The van der Waals surface area contributed by atoms with E-state index in [-0.39, 0.29) is 5.97 Å². The Hall–Kier alpha value is -2.05. The average molecular weight is 316 g/mol. The Morgan fingerprint density at radius 3 is 2.81 bits per heavy atom. The molecule has 0 fully saturated rings. The molecule has 0 spiro atoms. The second kappa shape index (κ2) is 6.15. The lowest BCUT2D eigenvalue weighted by Crippen LogP contribution is -2.07. The van der Waals surface area contributed by atoms with Crippen LogP contribution in [-0.4, -0.2) is 22.5 Å². The van der Waals surface area contributed by atoms with E-state index in [2.05, 4.69) is 9.97 Å². The highest BCUT2D eigenvalue weighted by Gasteiger charge is 2.18. The molecule has 0 aromatic carbocycles. The molecule has 0 amide bonds. The molecule has 0 saturated carbocycles. The third-order valence-electron chi connectivity index (χ3n) is 2.80. The van der Waals surface area contributed by atoms with E-state index in [1.54, 1.807) is 30.5 Å². The predicted molar refractivity (Wildman–Crippen MR) is 84.6 cm³/mol. The first-order valence-corrected chi connectivity index (χ1v) is 8.17. The molecule has 0 saturated heterocycles. The first kappa shape index (κ1) is 13.9. The van der Waals surface area contributed by atoms with Gasteiger partial charge in [-0.3, -0.25) is 0 Å². The Kier molecular flexibility index (Phi) is 4.08. The summed E-state index contributed by atoms with van der Waals surface area (Å²) in [6.45, 7) is 2.14. The molecule has 0 aliphatic rings. The van der Waals surface area contributed by atoms with Crippen molar-refractivity contribution in [3.63, 3.8) is 0 Å². The Morgan fingerprint density at radius 1 is 1.24 bits per heavy atom. The molecular formula is C15H12N2O2S2. The summed E-state index contributed by atoms with van der Waals surface area (Å²) in [4.78, 5) is 21.9. The van der Waals surface area contributed by atoms with Gasteiger partial charge in [0.2, 0.25) is 0 Å². The van der Waals surface area contributed by atoms with Crippen LogP contribution in [0.1, 0.15) is 17.3 Å². The normalized spacial score (nSPS) is 10.5. The van der Waals surface area contributed by atoms with Crippen LogP contribution in [0.5, 0.6) is 0 Å². The van der Waals surface area contributed by atoms with Crippen LogP contribution in [0.15, 0.2) is 41.2 Å². The van der Waals surface area contributed by atoms with Crippen molar-refractivity contribution < 1.29 is 9.53 Å². The summed E-state index contributed by atoms with van der Waals surface area (Å²) in [7, 11) is 0. The molecular weight excluding hydrogens is 304 g/mol. The zero-order chi connectivity index (χ0) is 14.7. The molecule has 0 atom stereocenters. The van der Waals surface area contributed by atoms with Crippen LogP contribution >= 0.6 is 22.7 Å². The first-order valence-electron chi connectivity index (χ1n) is 6.41. The molecule has 4 nitrogen and oxygen atoms in total. The standard InChI is InChI=1S/C15H12N2O2S2/c1-2-19-15(18)10-5-6-11(14-16-7-9-21-14)17-13(10)12-4-3-8-20-12/h3-9H,2H2,1H3. The summed E-state index contributed by atoms with van der Waals surface area (Å²) < 4.78 is 5.11. The molecule has 0 N–H and O–H groups in total. The van der Waals surface area contributed by atoms with E-state index < -0.39 is 0 Å². The number of ether oxygens (including phenoxy) is 1. The zero-order valence-electron chi connectivity index (χ0n) is 11.3. The van der Waals surface area contributed by atoms with Gasteiger partial charge in [-0.1, -0.05) is 6.07 Å². The molecule has 0 radical (unpaired) electrons. The number of carbonyl (C=O) groups is 1. The molecule has 0 unspecified atom stereocenters. The molecule has 3 aromatic heterocycles. The van der Waals surface area contributed by atoms with Gasteiger partial charge >= 0.3 is 5.97 Å². The maximum atomic E-state index is 12.1. The lowest BCUT2D eigenvalue weighted by atomic mass is 10.1. The van der Waals surface area contributed by atoms with E-state index in [4.69, 9.17) is 4.74 Å². The summed E-state index contributed by atoms with van der Waals surface area (Å²) in [5.74, 6) is -0.348. The number of thiazole rings is 1. The van der Waals surface area contributed by atoms with Gasteiger partial charge in [-0.2, -0.15) is 0 Å². The monoisotopic (exact) mass is 316 g/mol. The average Bonchev–Trinajstić information content (AvgIpc) is 3.20. The molecule has 3 heterocycles. The van der Waals surface area contributed by atoms with Crippen LogP contribution in [0.2, 0.25) is 0 Å². The number of rotatable bonds is 4. The maximum absolute atomic E-state index is 12.1. The highest BCUT2D eigenvalue weighted by molar-refractivity contribution is 7.13. The van der Waals surface area contributed by atoms with Crippen molar-refractivity contribution in [3.05, 3.63) is 46.8 Å². The van der Waals surface area contributed by atoms with Gasteiger partial charge < -0.3 is 4.74 Å². The second-order valence-corrected chi connectivity index (χ2v) is 5.97. The van der Waals surface area contributed by atoms with E-state index >= 15 is 0 Å². The molecule has 21 heavy (non-hydrogen) atoms. The fourth-order valence-corrected chi connectivity index (χ4v) is 3.24. The number of hydrogen-bond acceptors (Lipinski definition) is 6. The smallest absolute Gasteiger partial charge is 0.340 e. The molecule has 106 valence electrons. The summed E-state index contributed by atoms with van der Waals surface area (Å²) in [5.41, 5.74) is 1.90. The Labute approximate surface area is 130 Å². The largest absolute Gasteiger partial charge is 0.462 e. The number of nitrogens with zero attached hydrogens (tertiary/aromatic N) is 2. The van der Waals surface area contributed by atoms with Gasteiger partial charge in [-0.25, -0.2) is 14.8 Å². The van der Waals surface area contributed by atoms with Crippen LogP contribution in [0.25, 0.3) is 21.3 Å². The van der Waals surface area contributed by atoms with Crippen molar-refractivity contribution in [1.82, 2.24) is 9.97 Å². The quantitative estimate of drug-likeness (QED) is 0.680. The number of aromatic nitrogens is 2. The molecule has 0 aliphatic heterocycles. The number of carbonyl (C=O) groups excluding carboxylic acids is 1. The van der Waals surface area contributed by atoms with Crippen molar-refractivity contribution in [2.45, 2.75) is 6.92 Å². The third-order valence-corrected chi connectivity index (χ3v) is 4.47. The highest BCUT2D eigenvalue weighted by atomic mass is 32.1. The summed E-state index contributed by atoms with van der Waals surface area (Å²) >= 11 is 3.06. The predicted octanol–water partition coefficient (Wildman–Crippen LogP) is 4.11. The fraction of sp³-hybridized carbons (Fsp3) is 0.133. The number of thiophene rings is 1. The topological polar surface area (TPSA) is 52.1 Å². The summed E-state index contributed by atoms with van der Waals surface area (Å²) in [6.07, 6.45) is 1.74. The SMILES string of the molecule is CCOC(=O)c1ccc(-c2nccs2)nc1-c1cccs1. The van der Waals surface area contributed by atoms with Crippen molar-refractivity contribution in [2.24, 2.45) is 0 Å². The van der Waals surface area contributed by atoms with Gasteiger partial charge in [-0.15, -0.1) is 22.7 Å². The van der Waals surface area contributed by atoms with E-state index in [9.17, 15) is 4.79 Å². The Morgan fingerprint density at radius 2 is 2.14 bits per heavy atom. The van der Waals surface area contributed by atoms with Gasteiger partial charge in [0.05, 0.1) is 28.4 Å². The molecule has 0 aliphatic carbocycles. The number of hydrogen-bond donors (Lipinski definition) is 0. The second-order valence-electron chi connectivity index (χ2n) is 4.13. The third kappa shape index (κ3) is 2.86. The van der Waals surface area contributed by atoms with Gasteiger partial charge in [0.25, 0.3) is 0 Å². The minimum atomic E-state index is -0.348. The minimum absolute atomic E-state index is 0.344. The van der Waals surface area contributed by atoms with Crippen molar-refractivity contribution in [3.8, 4) is 21.3 Å². The fourth-order valence-electron chi connectivity index (χ4n) is 1.90. The lowest BCUT2D eigenvalue weighted by Gasteiger charge is -2.08.